The van der Waals surface area contributed by atoms with E-state index in [4.69, 9.17) is 11.6 Å². The SMILES string of the molecule is CCCNC(Cc1cccc(F)c1Cl)c1ccnc(C)c1. The number of aryl methyl sites for hydroxylation is 1. The van der Waals surface area contributed by atoms with E-state index in [-0.39, 0.29) is 16.9 Å². The highest BCUT2D eigenvalue weighted by Crippen LogP contribution is 2.25. The highest BCUT2D eigenvalue weighted by molar-refractivity contribution is 6.31. The Morgan fingerprint density at radius 2 is 2.14 bits per heavy atom. The van der Waals surface area contributed by atoms with Crippen molar-refractivity contribution < 1.29 is 4.39 Å². The van der Waals surface area contributed by atoms with E-state index in [9.17, 15) is 4.39 Å². The minimum atomic E-state index is -0.366. The molecule has 0 aliphatic rings. The third kappa shape index (κ3) is 4.26. The van der Waals surface area contributed by atoms with Crippen molar-refractivity contribution >= 4 is 11.6 Å². The highest BCUT2D eigenvalue weighted by Gasteiger charge is 2.15. The Morgan fingerprint density at radius 3 is 2.86 bits per heavy atom. The van der Waals surface area contributed by atoms with Crippen LogP contribution in [0.25, 0.3) is 0 Å². The summed E-state index contributed by atoms with van der Waals surface area (Å²) in [5.74, 6) is -0.366. The zero-order valence-corrected chi connectivity index (χ0v) is 13.1. The van der Waals surface area contributed by atoms with Crippen LogP contribution in [0.1, 0.15) is 36.2 Å². The van der Waals surface area contributed by atoms with Crippen molar-refractivity contribution in [2.45, 2.75) is 32.7 Å². The van der Waals surface area contributed by atoms with Crippen LogP contribution in [0, 0.1) is 12.7 Å². The van der Waals surface area contributed by atoms with Gasteiger partial charge in [-0.15, -0.1) is 0 Å². The van der Waals surface area contributed by atoms with Crippen molar-refractivity contribution in [3.63, 3.8) is 0 Å². The molecule has 1 aromatic carbocycles. The Morgan fingerprint density at radius 1 is 1.33 bits per heavy atom. The summed E-state index contributed by atoms with van der Waals surface area (Å²) in [6.45, 7) is 4.99. The average molecular weight is 307 g/mol. The molecule has 0 aliphatic heterocycles. The first-order valence-corrected chi connectivity index (χ1v) is 7.58. The molecule has 0 spiro atoms. The van der Waals surface area contributed by atoms with Gasteiger partial charge in [-0.05, 0) is 55.6 Å². The molecule has 0 radical (unpaired) electrons. The van der Waals surface area contributed by atoms with Gasteiger partial charge < -0.3 is 5.32 Å². The lowest BCUT2D eigenvalue weighted by Crippen LogP contribution is -2.24. The van der Waals surface area contributed by atoms with Crippen molar-refractivity contribution in [2.24, 2.45) is 0 Å². The predicted octanol–water partition coefficient (Wildman–Crippen LogP) is 4.47. The molecule has 0 saturated carbocycles. The highest BCUT2D eigenvalue weighted by atomic mass is 35.5. The van der Waals surface area contributed by atoms with Crippen molar-refractivity contribution in [3.8, 4) is 0 Å². The average Bonchev–Trinajstić information content (AvgIpc) is 2.47. The second-order valence-corrected chi connectivity index (χ2v) is 5.53. The van der Waals surface area contributed by atoms with E-state index in [1.165, 1.54) is 6.07 Å². The molecule has 21 heavy (non-hydrogen) atoms. The van der Waals surface area contributed by atoms with Crippen LogP contribution in [-0.4, -0.2) is 11.5 Å². The van der Waals surface area contributed by atoms with Crippen molar-refractivity contribution in [2.75, 3.05) is 6.54 Å². The second-order valence-electron chi connectivity index (χ2n) is 5.15. The zero-order chi connectivity index (χ0) is 15.2. The number of halogens is 2. The topological polar surface area (TPSA) is 24.9 Å². The number of hydrogen-bond acceptors (Lipinski definition) is 2. The van der Waals surface area contributed by atoms with Crippen molar-refractivity contribution in [3.05, 3.63) is 64.2 Å². The Balaban J connectivity index is 2.26. The lowest BCUT2D eigenvalue weighted by atomic mass is 9.98. The summed E-state index contributed by atoms with van der Waals surface area (Å²) >= 11 is 6.07. The molecule has 1 N–H and O–H groups in total. The number of benzene rings is 1. The lowest BCUT2D eigenvalue weighted by Gasteiger charge is -2.20. The van der Waals surface area contributed by atoms with Gasteiger partial charge in [0.05, 0.1) is 5.02 Å². The Labute approximate surface area is 130 Å². The summed E-state index contributed by atoms with van der Waals surface area (Å²) in [6.07, 6.45) is 3.50. The van der Waals surface area contributed by atoms with E-state index in [0.717, 1.165) is 29.8 Å². The Bertz CT molecular complexity index is 601. The molecule has 2 nitrogen and oxygen atoms in total. The fraction of sp³-hybridized carbons (Fsp3) is 0.353. The second kappa shape index (κ2) is 7.53. The molecule has 0 fully saturated rings. The van der Waals surface area contributed by atoms with Gasteiger partial charge >= 0.3 is 0 Å². The number of pyridine rings is 1. The maximum absolute atomic E-state index is 13.6. The molecule has 0 saturated heterocycles. The molecule has 0 bridgehead atoms. The molecular weight excluding hydrogens is 287 g/mol. The van der Waals surface area contributed by atoms with Crippen LogP contribution in [0.5, 0.6) is 0 Å². The summed E-state index contributed by atoms with van der Waals surface area (Å²) in [7, 11) is 0. The van der Waals surface area contributed by atoms with Gasteiger partial charge in [0.2, 0.25) is 0 Å². The van der Waals surface area contributed by atoms with E-state index >= 15 is 0 Å². The van der Waals surface area contributed by atoms with Crippen molar-refractivity contribution in [1.82, 2.24) is 10.3 Å². The predicted molar refractivity (Wildman–Crippen MR) is 85.1 cm³/mol. The quantitative estimate of drug-likeness (QED) is 0.852. The maximum atomic E-state index is 13.6. The molecule has 1 heterocycles. The largest absolute Gasteiger partial charge is 0.310 e. The van der Waals surface area contributed by atoms with Gasteiger partial charge in [-0.2, -0.15) is 0 Å². The summed E-state index contributed by atoms with van der Waals surface area (Å²) in [4.78, 5) is 4.23. The maximum Gasteiger partial charge on any atom is 0.142 e. The summed E-state index contributed by atoms with van der Waals surface area (Å²) < 4.78 is 13.6. The van der Waals surface area contributed by atoms with Crippen LogP contribution in [0.2, 0.25) is 5.02 Å². The first-order valence-electron chi connectivity index (χ1n) is 7.20. The summed E-state index contributed by atoms with van der Waals surface area (Å²) in [5.41, 5.74) is 2.94. The van der Waals surface area contributed by atoms with E-state index < -0.39 is 0 Å². The fourth-order valence-corrected chi connectivity index (χ4v) is 2.54. The smallest absolute Gasteiger partial charge is 0.142 e. The van der Waals surface area contributed by atoms with Crippen molar-refractivity contribution in [1.29, 1.82) is 0 Å². The van der Waals surface area contributed by atoms with Crippen LogP contribution >= 0.6 is 11.6 Å². The Hall–Kier alpha value is -1.45. The summed E-state index contributed by atoms with van der Waals surface area (Å²) in [5, 5.41) is 3.71. The van der Waals surface area contributed by atoms with Crippen LogP contribution in [0.15, 0.2) is 36.5 Å². The third-order valence-corrected chi connectivity index (χ3v) is 3.84. The molecule has 2 aromatic rings. The first kappa shape index (κ1) is 15.9. The van der Waals surface area contributed by atoms with Gasteiger partial charge in [-0.3, -0.25) is 4.98 Å². The minimum absolute atomic E-state index is 0.103. The normalized spacial score (nSPS) is 12.4. The number of rotatable bonds is 6. The molecule has 1 unspecified atom stereocenters. The molecule has 0 amide bonds. The first-order chi connectivity index (χ1) is 10.1. The molecular formula is C17H20ClFN2. The Kier molecular flexibility index (Phi) is 5.71. The van der Waals surface area contributed by atoms with Gasteiger partial charge in [-0.25, -0.2) is 4.39 Å². The van der Waals surface area contributed by atoms with E-state index in [2.05, 4.69) is 23.3 Å². The number of nitrogens with one attached hydrogen (secondary N) is 1. The van der Waals surface area contributed by atoms with Gasteiger partial charge in [-0.1, -0.05) is 30.7 Å². The van der Waals surface area contributed by atoms with Crippen LogP contribution in [-0.2, 0) is 6.42 Å². The fourth-order valence-electron chi connectivity index (χ4n) is 2.34. The molecule has 4 heteroatoms. The standard InChI is InChI=1S/C17H20ClFN2/c1-3-8-21-16(13-7-9-20-12(2)10-13)11-14-5-4-6-15(19)17(14)18/h4-7,9-10,16,21H,3,8,11H2,1-2H3. The number of hydrogen-bond donors (Lipinski definition) is 1. The molecule has 0 aliphatic carbocycles. The van der Waals surface area contributed by atoms with Gasteiger partial charge in [0.25, 0.3) is 0 Å². The monoisotopic (exact) mass is 306 g/mol. The summed E-state index contributed by atoms with van der Waals surface area (Å²) in [6, 6.07) is 9.11. The minimum Gasteiger partial charge on any atom is -0.310 e. The van der Waals surface area contributed by atoms with Gasteiger partial charge in [0.15, 0.2) is 0 Å². The van der Waals surface area contributed by atoms with Crippen LogP contribution in [0.3, 0.4) is 0 Å². The van der Waals surface area contributed by atoms with Gasteiger partial charge in [0.1, 0.15) is 5.82 Å². The van der Waals surface area contributed by atoms with E-state index in [0.29, 0.717) is 6.42 Å². The van der Waals surface area contributed by atoms with Gasteiger partial charge in [0, 0.05) is 17.9 Å². The third-order valence-electron chi connectivity index (χ3n) is 3.42. The number of nitrogens with zero attached hydrogens (tertiary/aromatic N) is 1. The molecule has 1 atom stereocenters. The van der Waals surface area contributed by atoms with Crippen LogP contribution < -0.4 is 5.32 Å². The molecule has 1 aromatic heterocycles. The number of aromatic nitrogens is 1. The van der Waals surface area contributed by atoms with E-state index in [1.807, 2.05) is 19.1 Å². The molecule has 2 rings (SSSR count). The zero-order valence-electron chi connectivity index (χ0n) is 12.4. The van der Waals surface area contributed by atoms with E-state index in [1.54, 1.807) is 12.3 Å². The van der Waals surface area contributed by atoms with Crippen LogP contribution in [0.4, 0.5) is 4.39 Å². The molecule has 112 valence electrons. The lowest BCUT2D eigenvalue weighted by molar-refractivity contribution is 0.526.